The Morgan fingerprint density at radius 1 is 1.55 bits per heavy atom. The molecule has 0 radical (unpaired) electrons. The Balaban J connectivity index is 1.76. The molecule has 0 aliphatic carbocycles. The normalized spacial score (nSPS) is 18.2. The lowest BCUT2D eigenvalue weighted by Crippen LogP contribution is -2.37. The van der Waals surface area contributed by atoms with Gasteiger partial charge in [0.25, 0.3) is 0 Å². The molecule has 2 heterocycles. The summed E-state index contributed by atoms with van der Waals surface area (Å²) in [5.41, 5.74) is 2.07. The van der Waals surface area contributed by atoms with Crippen LogP contribution in [0.3, 0.4) is 0 Å². The van der Waals surface area contributed by atoms with Gasteiger partial charge in [-0.25, -0.2) is 4.98 Å². The average molecular weight is 273 g/mol. The van der Waals surface area contributed by atoms with Gasteiger partial charge >= 0.3 is 0 Å². The molecule has 1 aliphatic heterocycles. The van der Waals surface area contributed by atoms with Crippen LogP contribution < -0.4 is 10.6 Å². The van der Waals surface area contributed by atoms with Crippen molar-refractivity contribution in [3.63, 3.8) is 0 Å². The molecule has 1 aromatic carbocycles. The monoisotopic (exact) mass is 273 g/mol. The molecule has 0 saturated carbocycles. The summed E-state index contributed by atoms with van der Waals surface area (Å²) in [6, 6.07) is 4.88. The number of hydrogen-bond acceptors (Lipinski definition) is 4. The van der Waals surface area contributed by atoms with E-state index >= 15 is 0 Å². The quantitative estimate of drug-likeness (QED) is 0.889. The minimum Gasteiger partial charge on any atom is -0.441 e. The van der Waals surface area contributed by atoms with Gasteiger partial charge in [-0.2, -0.15) is 0 Å². The van der Waals surface area contributed by atoms with Crippen molar-refractivity contribution in [1.82, 2.24) is 10.3 Å². The predicted molar refractivity (Wildman–Crippen MR) is 73.2 cm³/mol. The van der Waals surface area contributed by atoms with Crippen LogP contribution in [0.2, 0.25) is 0 Å². The zero-order chi connectivity index (χ0) is 14.1. The lowest BCUT2D eigenvalue weighted by molar-refractivity contribution is -0.122. The van der Waals surface area contributed by atoms with Crippen molar-refractivity contribution >= 4 is 28.6 Å². The van der Waals surface area contributed by atoms with Crippen LogP contribution >= 0.6 is 0 Å². The van der Waals surface area contributed by atoms with Gasteiger partial charge in [-0.1, -0.05) is 6.92 Å². The smallest absolute Gasteiger partial charge is 0.246 e. The van der Waals surface area contributed by atoms with Crippen LogP contribution in [0.15, 0.2) is 22.6 Å². The maximum atomic E-state index is 12.0. The van der Waals surface area contributed by atoms with Gasteiger partial charge in [0, 0.05) is 18.5 Å². The maximum absolute atomic E-state index is 12.0. The van der Waals surface area contributed by atoms with Crippen molar-refractivity contribution in [2.75, 3.05) is 5.32 Å². The van der Waals surface area contributed by atoms with E-state index in [1.807, 2.05) is 6.92 Å². The SMILES string of the molecule is CCc1nc2cc(NC(=O)[C@H]3CCC(=O)N3)ccc2o1. The zero-order valence-electron chi connectivity index (χ0n) is 11.1. The molecule has 6 heteroatoms. The fourth-order valence-electron chi connectivity index (χ4n) is 2.24. The first-order valence-corrected chi connectivity index (χ1v) is 6.65. The van der Waals surface area contributed by atoms with Crippen molar-refractivity contribution in [3.05, 3.63) is 24.1 Å². The number of rotatable bonds is 3. The van der Waals surface area contributed by atoms with Crippen LogP contribution in [0.1, 0.15) is 25.7 Å². The van der Waals surface area contributed by atoms with Crippen LogP contribution in [0.5, 0.6) is 0 Å². The number of nitrogens with zero attached hydrogens (tertiary/aromatic N) is 1. The molecule has 0 spiro atoms. The first-order valence-electron chi connectivity index (χ1n) is 6.65. The number of anilines is 1. The largest absolute Gasteiger partial charge is 0.441 e. The van der Waals surface area contributed by atoms with Gasteiger partial charge in [0.2, 0.25) is 11.8 Å². The van der Waals surface area contributed by atoms with E-state index in [0.29, 0.717) is 30.0 Å². The van der Waals surface area contributed by atoms with Crippen molar-refractivity contribution in [2.45, 2.75) is 32.2 Å². The Kier molecular flexibility index (Phi) is 3.14. The van der Waals surface area contributed by atoms with E-state index in [1.165, 1.54) is 0 Å². The average Bonchev–Trinajstić information content (AvgIpc) is 3.03. The topological polar surface area (TPSA) is 84.2 Å². The summed E-state index contributed by atoms with van der Waals surface area (Å²) in [6.45, 7) is 1.97. The van der Waals surface area contributed by atoms with E-state index in [9.17, 15) is 9.59 Å². The summed E-state index contributed by atoms with van der Waals surface area (Å²) in [4.78, 5) is 27.4. The summed E-state index contributed by atoms with van der Waals surface area (Å²) in [7, 11) is 0. The summed E-state index contributed by atoms with van der Waals surface area (Å²) >= 11 is 0. The number of carbonyl (C=O) groups is 2. The molecule has 0 bridgehead atoms. The van der Waals surface area contributed by atoms with Crippen molar-refractivity contribution in [1.29, 1.82) is 0 Å². The lowest BCUT2D eigenvalue weighted by atomic mass is 10.2. The third-order valence-corrected chi connectivity index (χ3v) is 3.31. The molecule has 3 rings (SSSR count). The Hall–Kier alpha value is -2.37. The van der Waals surface area contributed by atoms with Gasteiger partial charge in [-0.15, -0.1) is 0 Å². The molecule has 1 atom stereocenters. The summed E-state index contributed by atoms with van der Waals surface area (Å²) in [5.74, 6) is 0.394. The van der Waals surface area contributed by atoms with E-state index in [1.54, 1.807) is 18.2 Å². The summed E-state index contributed by atoms with van der Waals surface area (Å²) < 4.78 is 5.51. The molecular weight excluding hydrogens is 258 g/mol. The zero-order valence-corrected chi connectivity index (χ0v) is 11.1. The number of fused-ring (bicyclic) bond motifs is 1. The maximum Gasteiger partial charge on any atom is 0.246 e. The summed E-state index contributed by atoms with van der Waals surface area (Å²) in [5, 5.41) is 5.43. The van der Waals surface area contributed by atoms with Gasteiger partial charge in [0.05, 0.1) is 0 Å². The Labute approximate surface area is 115 Å². The standard InChI is InChI=1S/C14H15N3O3/c1-2-13-17-10-7-8(3-5-11(10)20-13)15-14(19)9-4-6-12(18)16-9/h3,5,7,9H,2,4,6H2,1H3,(H,15,19)(H,16,18)/t9-/m1/s1. The number of aryl methyl sites for hydroxylation is 1. The van der Waals surface area contributed by atoms with Crippen molar-refractivity contribution in [2.24, 2.45) is 0 Å². The minimum atomic E-state index is -0.443. The number of hydrogen-bond donors (Lipinski definition) is 2. The van der Waals surface area contributed by atoms with Gasteiger partial charge in [-0.05, 0) is 24.6 Å². The second-order valence-electron chi connectivity index (χ2n) is 4.79. The molecule has 104 valence electrons. The van der Waals surface area contributed by atoms with Crippen LogP contribution in [-0.4, -0.2) is 22.8 Å². The Morgan fingerprint density at radius 3 is 3.10 bits per heavy atom. The number of benzene rings is 1. The van der Waals surface area contributed by atoms with Crippen molar-refractivity contribution in [3.8, 4) is 0 Å². The first-order chi connectivity index (χ1) is 9.65. The fourth-order valence-corrected chi connectivity index (χ4v) is 2.24. The van der Waals surface area contributed by atoms with Crippen LogP contribution in [-0.2, 0) is 16.0 Å². The van der Waals surface area contributed by atoms with Gasteiger partial charge in [-0.3, -0.25) is 9.59 Å². The van der Waals surface area contributed by atoms with Gasteiger partial charge in [0.1, 0.15) is 11.6 Å². The highest BCUT2D eigenvalue weighted by molar-refractivity contribution is 5.99. The molecule has 6 nitrogen and oxygen atoms in total. The highest BCUT2D eigenvalue weighted by Gasteiger charge is 2.27. The Morgan fingerprint density at radius 2 is 2.40 bits per heavy atom. The van der Waals surface area contributed by atoms with Crippen LogP contribution in [0, 0.1) is 0 Å². The molecule has 1 aliphatic rings. The molecule has 2 aromatic rings. The number of aromatic nitrogens is 1. The van der Waals surface area contributed by atoms with Gasteiger partial charge in [0.15, 0.2) is 11.5 Å². The van der Waals surface area contributed by atoms with E-state index in [-0.39, 0.29) is 11.8 Å². The molecule has 1 fully saturated rings. The third kappa shape index (κ3) is 2.36. The molecule has 0 unspecified atom stereocenters. The highest BCUT2D eigenvalue weighted by atomic mass is 16.3. The van der Waals surface area contributed by atoms with Crippen LogP contribution in [0.25, 0.3) is 11.1 Å². The highest BCUT2D eigenvalue weighted by Crippen LogP contribution is 2.21. The molecular formula is C14H15N3O3. The predicted octanol–water partition coefficient (Wildman–Crippen LogP) is 1.61. The second kappa shape index (κ2) is 4.96. The second-order valence-corrected chi connectivity index (χ2v) is 4.79. The molecule has 2 N–H and O–H groups in total. The van der Waals surface area contributed by atoms with Gasteiger partial charge < -0.3 is 15.1 Å². The fraction of sp³-hybridized carbons (Fsp3) is 0.357. The third-order valence-electron chi connectivity index (χ3n) is 3.31. The molecule has 1 aromatic heterocycles. The Bertz CT molecular complexity index is 677. The minimum absolute atomic E-state index is 0.0790. The van der Waals surface area contributed by atoms with Crippen molar-refractivity contribution < 1.29 is 14.0 Å². The number of oxazole rings is 1. The summed E-state index contributed by atoms with van der Waals surface area (Å²) in [6.07, 6.45) is 1.67. The van der Waals surface area contributed by atoms with E-state index in [2.05, 4.69) is 15.6 Å². The molecule has 2 amide bonds. The molecule has 20 heavy (non-hydrogen) atoms. The first kappa shape index (κ1) is 12.7. The lowest BCUT2D eigenvalue weighted by Gasteiger charge is -2.10. The number of amides is 2. The number of nitrogens with one attached hydrogen (secondary N) is 2. The number of carbonyl (C=O) groups excluding carboxylic acids is 2. The molecule has 1 saturated heterocycles. The van der Waals surface area contributed by atoms with E-state index in [0.717, 1.165) is 11.9 Å². The van der Waals surface area contributed by atoms with Crippen LogP contribution in [0.4, 0.5) is 5.69 Å². The van der Waals surface area contributed by atoms with E-state index < -0.39 is 6.04 Å². The van der Waals surface area contributed by atoms with E-state index in [4.69, 9.17) is 4.42 Å².